The number of fused-ring (bicyclic) bond motifs is 2. The van der Waals surface area contributed by atoms with E-state index in [9.17, 15) is 0 Å². The maximum absolute atomic E-state index is 4.97. The van der Waals surface area contributed by atoms with E-state index in [1.807, 2.05) is 6.07 Å². The maximum Gasteiger partial charge on any atom is 0.0870 e. The normalized spacial score (nSPS) is 15.0. The number of benzene rings is 2. The first-order valence-corrected chi connectivity index (χ1v) is 11.3. The third-order valence-electron chi connectivity index (χ3n) is 6.51. The molecule has 1 unspecified atom stereocenters. The maximum atomic E-state index is 4.97. The molecule has 0 radical (unpaired) electrons. The lowest BCUT2D eigenvalue weighted by molar-refractivity contribution is 0.992. The molecule has 33 heavy (non-hydrogen) atoms. The molecule has 2 aromatic carbocycles. The van der Waals surface area contributed by atoms with Crippen molar-refractivity contribution in [2.45, 2.75) is 26.2 Å². The van der Waals surface area contributed by atoms with Gasteiger partial charge < -0.3 is 4.98 Å². The van der Waals surface area contributed by atoms with Gasteiger partial charge in [-0.15, -0.1) is 0 Å². The highest BCUT2D eigenvalue weighted by Gasteiger charge is 2.25. The second kappa shape index (κ2) is 7.82. The lowest BCUT2D eigenvalue weighted by Crippen LogP contribution is -2.10. The van der Waals surface area contributed by atoms with Gasteiger partial charge in [-0.2, -0.15) is 0 Å². The Labute approximate surface area is 193 Å². The van der Waals surface area contributed by atoms with Crippen LogP contribution in [0.2, 0.25) is 0 Å². The van der Waals surface area contributed by atoms with E-state index in [1.54, 1.807) is 0 Å². The molecule has 4 heterocycles. The van der Waals surface area contributed by atoms with Gasteiger partial charge in [-0.25, -0.2) is 0 Å². The Balaban J connectivity index is 1.30. The molecule has 3 aromatic heterocycles. The summed E-state index contributed by atoms with van der Waals surface area (Å²) in [6, 6.07) is 29.1. The number of aromatic amines is 1. The molecule has 1 N–H and O–H groups in total. The Morgan fingerprint density at radius 1 is 0.758 bits per heavy atom. The molecule has 0 spiro atoms. The molecule has 0 saturated heterocycles. The van der Waals surface area contributed by atoms with Crippen LogP contribution in [0, 0.1) is 6.92 Å². The van der Waals surface area contributed by atoms with E-state index in [4.69, 9.17) is 15.0 Å². The Hall–Kier alpha value is -4.05. The summed E-state index contributed by atoms with van der Waals surface area (Å²) in [7, 11) is 0. The zero-order valence-corrected chi connectivity index (χ0v) is 18.7. The first-order valence-electron chi connectivity index (χ1n) is 11.3. The van der Waals surface area contributed by atoms with Crippen LogP contribution >= 0.6 is 0 Å². The minimum atomic E-state index is 0.246. The van der Waals surface area contributed by atoms with Crippen molar-refractivity contribution >= 4 is 22.3 Å². The topological polar surface area (TPSA) is 53.9 Å². The van der Waals surface area contributed by atoms with Crippen LogP contribution < -0.4 is 0 Å². The number of hydrogen-bond acceptors (Lipinski definition) is 3. The fourth-order valence-electron chi connectivity index (χ4n) is 4.77. The van der Waals surface area contributed by atoms with Crippen LogP contribution in [0.15, 0.2) is 89.9 Å². The summed E-state index contributed by atoms with van der Waals surface area (Å²) in [5.74, 6) is 0.246. The van der Waals surface area contributed by atoms with Crippen LogP contribution in [0.3, 0.4) is 0 Å². The molecule has 0 amide bonds. The molecule has 4 nitrogen and oxygen atoms in total. The summed E-state index contributed by atoms with van der Waals surface area (Å²) in [6.45, 7) is 4.35. The van der Waals surface area contributed by atoms with Crippen LogP contribution in [0.5, 0.6) is 0 Å². The predicted molar refractivity (Wildman–Crippen MR) is 134 cm³/mol. The van der Waals surface area contributed by atoms with Gasteiger partial charge in [0.15, 0.2) is 0 Å². The van der Waals surface area contributed by atoms with Crippen LogP contribution in [-0.4, -0.2) is 20.7 Å². The lowest BCUT2D eigenvalue weighted by atomic mass is 9.96. The van der Waals surface area contributed by atoms with E-state index in [0.29, 0.717) is 6.42 Å². The van der Waals surface area contributed by atoms with Gasteiger partial charge in [0.1, 0.15) is 0 Å². The smallest absolute Gasteiger partial charge is 0.0870 e. The minimum absolute atomic E-state index is 0.246. The van der Waals surface area contributed by atoms with Crippen LogP contribution in [0.4, 0.5) is 5.69 Å². The summed E-state index contributed by atoms with van der Waals surface area (Å²) < 4.78 is 0. The van der Waals surface area contributed by atoms with Gasteiger partial charge in [0.2, 0.25) is 0 Å². The zero-order chi connectivity index (χ0) is 22.4. The van der Waals surface area contributed by atoms with Crippen LogP contribution in [-0.2, 0) is 6.42 Å². The van der Waals surface area contributed by atoms with Crippen molar-refractivity contribution in [3.63, 3.8) is 0 Å². The first kappa shape index (κ1) is 19.6. The monoisotopic (exact) mass is 428 g/mol. The van der Waals surface area contributed by atoms with Gasteiger partial charge in [0.05, 0.1) is 28.5 Å². The average Bonchev–Trinajstić information content (AvgIpc) is 3.37. The van der Waals surface area contributed by atoms with Crippen molar-refractivity contribution in [3.8, 4) is 11.4 Å². The summed E-state index contributed by atoms with van der Waals surface area (Å²) in [6.07, 6.45) is 0.676. The second-order valence-corrected chi connectivity index (χ2v) is 8.65. The van der Waals surface area contributed by atoms with Crippen molar-refractivity contribution < 1.29 is 0 Å². The summed E-state index contributed by atoms with van der Waals surface area (Å²) in [5.41, 5.74) is 10.7. The molecule has 0 saturated carbocycles. The average molecular weight is 429 g/mol. The van der Waals surface area contributed by atoms with Crippen LogP contribution in [0.25, 0.3) is 22.3 Å². The zero-order valence-electron chi connectivity index (χ0n) is 18.7. The summed E-state index contributed by atoms with van der Waals surface area (Å²) >= 11 is 0. The van der Waals surface area contributed by atoms with Crippen molar-refractivity contribution in [2.24, 2.45) is 4.99 Å². The SMILES string of the molecule is Cc1c(-c2cccc(Cc3cccc(C4=Nc5ccccc5C4C)n3)n2)[nH]c2ccccc12. The molecule has 4 heteroatoms. The number of aliphatic imine (C=N–C) groups is 1. The molecule has 1 atom stereocenters. The largest absolute Gasteiger partial charge is 0.353 e. The van der Waals surface area contributed by atoms with Gasteiger partial charge in [-0.05, 0) is 54.4 Å². The molecule has 0 aliphatic carbocycles. The van der Waals surface area contributed by atoms with E-state index < -0.39 is 0 Å². The van der Waals surface area contributed by atoms with Crippen LogP contribution in [0.1, 0.15) is 41.1 Å². The number of nitrogens with zero attached hydrogens (tertiary/aromatic N) is 3. The molecule has 0 fully saturated rings. The van der Waals surface area contributed by atoms with Crippen molar-refractivity contribution in [2.75, 3.05) is 0 Å². The molecule has 0 bridgehead atoms. The minimum Gasteiger partial charge on any atom is -0.353 e. The predicted octanol–water partition coefficient (Wildman–Crippen LogP) is 6.76. The van der Waals surface area contributed by atoms with Gasteiger partial charge in [-0.1, -0.05) is 55.5 Å². The van der Waals surface area contributed by atoms with Crippen molar-refractivity contribution in [3.05, 3.63) is 113 Å². The fraction of sp³-hybridized carbons (Fsp3) is 0.138. The Morgan fingerprint density at radius 2 is 1.45 bits per heavy atom. The number of rotatable bonds is 4. The third kappa shape index (κ3) is 3.44. The second-order valence-electron chi connectivity index (χ2n) is 8.65. The van der Waals surface area contributed by atoms with E-state index in [1.165, 1.54) is 16.5 Å². The first-order chi connectivity index (χ1) is 16.2. The molecule has 1 aliphatic rings. The molecule has 6 rings (SSSR count). The summed E-state index contributed by atoms with van der Waals surface area (Å²) in [4.78, 5) is 18.3. The number of para-hydroxylation sites is 2. The van der Waals surface area contributed by atoms with Gasteiger partial charge in [0, 0.05) is 34.6 Å². The number of H-pyrrole nitrogens is 1. The standard InChI is InChI=1S/C29H24N4/c1-18-22-11-3-5-13-24(22)32-28(18)26-15-7-9-20(30-26)17-21-10-8-16-27(31-21)29-19(2)23-12-4-6-14-25(23)33-29/h3-16,18,33H,17H2,1-2H3. The number of nitrogens with one attached hydrogen (secondary N) is 1. The van der Waals surface area contributed by atoms with Gasteiger partial charge in [-0.3, -0.25) is 15.0 Å². The van der Waals surface area contributed by atoms with Gasteiger partial charge >= 0.3 is 0 Å². The number of aryl methyl sites for hydroxylation is 1. The molecular formula is C29H24N4. The number of aromatic nitrogens is 3. The fourth-order valence-corrected chi connectivity index (χ4v) is 4.77. The highest BCUT2D eigenvalue weighted by molar-refractivity contribution is 6.08. The summed E-state index contributed by atoms with van der Waals surface area (Å²) in [5, 5.41) is 1.24. The van der Waals surface area contributed by atoms with Crippen molar-refractivity contribution in [1.82, 2.24) is 15.0 Å². The molecule has 1 aliphatic heterocycles. The number of pyridine rings is 2. The van der Waals surface area contributed by atoms with Gasteiger partial charge in [0.25, 0.3) is 0 Å². The van der Waals surface area contributed by atoms with E-state index in [2.05, 4.69) is 97.7 Å². The lowest BCUT2D eigenvalue weighted by Gasteiger charge is -2.10. The number of hydrogen-bond donors (Lipinski definition) is 1. The molecule has 5 aromatic rings. The Kier molecular flexibility index (Phi) is 4.65. The molecule has 160 valence electrons. The molecular weight excluding hydrogens is 404 g/mol. The van der Waals surface area contributed by atoms with Crippen molar-refractivity contribution in [1.29, 1.82) is 0 Å². The third-order valence-corrected chi connectivity index (χ3v) is 6.51. The van der Waals surface area contributed by atoms with E-state index >= 15 is 0 Å². The highest BCUT2D eigenvalue weighted by Crippen LogP contribution is 2.36. The van der Waals surface area contributed by atoms with E-state index in [0.717, 1.165) is 45.4 Å². The Bertz CT molecular complexity index is 1530. The van der Waals surface area contributed by atoms with E-state index in [-0.39, 0.29) is 5.92 Å². The Morgan fingerprint density at radius 3 is 2.24 bits per heavy atom. The highest BCUT2D eigenvalue weighted by atomic mass is 14.9. The quantitative estimate of drug-likeness (QED) is 0.344.